The second-order valence-corrected chi connectivity index (χ2v) is 8.92. The van der Waals surface area contributed by atoms with Gasteiger partial charge in [0, 0.05) is 29.0 Å². The average Bonchev–Trinajstić information content (AvgIpc) is 2.58. The number of amides is 1. The van der Waals surface area contributed by atoms with Crippen LogP contribution >= 0.6 is 23.5 Å². The first-order valence-corrected chi connectivity index (χ1v) is 10.6. The molecule has 0 radical (unpaired) electrons. The molecule has 0 saturated heterocycles. The van der Waals surface area contributed by atoms with Crippen LogP contribution in [-0.4, -0.2) is 42.4 Å². The highest BCUT2D eigenvalue weighted by molar-refractivity contribution is 8.04. The van der Waals surface area contributed by atoms with Gasteiger partial charge in [-0.25, -0.2) is 0 Å². The highest BCUT2D eigenvalue weighted by Gasteiger charge is 2.27. The summed E-state index contributed by atoms with van der Waals surface area (Å²) in [6, 6.07) is 6.75. The summed E-state index contributed by atoms with van der Waals surface area (Å²) in [5.74, 6) is 0.677. The number of carbonyl (C=O) groups excluding carboxylic acids is 1. The van der Waals surface area contributed by atoms with Crippen LogP contribution in [0.4, 0.5) is 0 Å². The molecule has 134 valence electrons. The maximum absolute atomic E-state index is 11.9. The summed E-state index contributed by atoms with van der Waals surface area (Å²) >= 11 is 3.82. The quantitative estimate of drug-likeness (QED) is 0.699. The summed E-state index contributed by atoms with van der Waals surface area (Å²) in [4.78, 5) is 13.3. The molecule has 1 amide bonds. The van der Waals surface area contributed by atoms with E-state index in [9.17, 15) is 4.79 Å². The number of ether oxygens (including phenoxy) is 1. The smallest absolute Gasteiger partial charge is 0.230 e. The second kappa shape index (κ2) is 10.4. The number of methoxy groups -OCH3 is 1. The van der Waals surface area contributed by atoms with Gasteiger partial charge in [-0.1, -0.05) is 18.9 Å². The Kier molecular flexibility index (Phi) is 8.50. The van der Waals surface area contributed by atoms with E-state index in [2.05, 4.69) is 37.4 Å². The average molecular weight is 368 g/mol. The van der Waals surface area contributed by atoms with Crippen molar-refractivity contribution in [3.63, 3.8) is 0 Å². The number of hydrogen-bond donors (Lipinski definition) is 1. The van der Waals surface area contributed by atoms with Crippen molar-refractivity contribution >= 4 is 29.4 Å². The third-order valence-corrected chi connectivity index (χ3v) is 7.45. The maximum Gasteiger partial charge on any atom is 0.230 e. The van der Waals surface area contributed by atoms with Gasteiger partial charge in [-0.15, -0.1) is 23.5 Å². The third kappa shape index (κ3) is 6.34. The molecule has 1 aliphatic carbocycles. The molecule has 5 heteroatoms. The van der Waals surface area contributed by atoms with Crippen LogP contribution in [0.2, 0.25) is 0 Å². The Morgan fingerprint density at radius 3 is 2.67 bits per heavy atom. The van der Waals surface area contributed by atoms with Gasteiger partial charge in [0.25, 0.3) is 0 Å². The summed E-state index contributed by atoms with van der Waals surface area (Å²) in [6.45, 7) is 5.51. The topological polar surface area (TPSA) is 38.3 Å². The lowest BCUT2D eigenvalue weighted by Gasteiger charge is -2.30. The number of rotatable bonds is 8. The molecule has 0 aromatic heterocycles. The standard InChI is InChI=1S/C19H29NO2S2/c1-14-8-9-16(12-15(14)2)24-18-7-5-4-6-17(18)23-13-19(21)20-10-11-22-3/h8-9,12,17-18H,4-7,10-11,13H2,1-3H3,(H,20,21)/t17-,18-/m1/s1. The van der Waals surface area contributed by atoms with Gasteiger partial charge in [0.05, 0.1) is 12.4 Å². The first kappa shape index (κ1) is 19.7. The lowest BCUT2D eigenvalue weighted by atomic mass is 10.00. The van der Waals surface area contributed by atoms with E-state index < -0.39 is 0 Å². The van der Waals surface area contributed by atoms with Gasteiger partial charge in [0.2, 0.25) is 5.91 Å². The van der Waals surface area contributed by atoms with E-state index in [-0.39, 0.29) is 5.91 Å². The van der Waals surface area contributed by atoms with Crippen molar-refractivity contribution in [2.45, 2.75) is 54.9 Å². The van der Waals surface area contributed by atoms with Crippen LogP contribution < -0.4 is 5.32 Å². The summed E-state index contributed by atoms with van der Waals surface area (Å²) in [5.41, 5.74) is 2.71. The largest absolute Gasteiger partial charge is 0.383 e. The minimum Gasteiger partial charge on any atom is -0.383 e. The molecular weight excluding hydrogens is 338 g/mol. The van der Waals surface area contributed by atoms with Crippen molar-refractivity contribution in [2.24, 2.45) is 0 Å². The Morgan fingerprint density at radius 2 is 1.96 bits per heavy atom. The summed E-state index contributed by atoms with van der Waals surface area (Å²) in [7, 11) is 1.65. The van der Waals surface area contributed by atoms with Gasteiger partial charge in [-0.2, -0.15) is 0 Å². The minimum atomic E-state index is 0.123. The van der Waals surface area contributed by atoms with Gasteiger partial charge in [-0.05, 0) is 49.9 Å². The Labute approximate surface area is 154 Å². The van der Waals surface area contributed by atoms with E-state index in [4.69, 9.17) is 4.74 Å². The van der Waals surface area contributed by atoms with E-state index in [1.807, 2.05) is 23.5 Å². The normalized spacial score (nSPS) is 20.8. The first-order chi connectivity index (χ1) is 11.6. The molecule has 0 heterocycles. The van der Waals surface area contributed by atoms with Crippen LogP contribution in [0.15, 0.2) is 23.1 Å². The molecule has 1 fully saturated rings. The molecule has 0 aliphatic heterocycles. The van der Waals surface area contributed by atoms with Crippen LogP contribution in [-0.2, 0) is 9.53 Å². The Balaban J connectivity index is 1.85. The van der Waals surface area contributed by atoms with Crippen LogP contribution in [0.1, 0.15) is 36.8 Å². The van der Waals surface area contributed by atoms with Gasteiger partial charge in [0.1, 0.15) is 0 Å². The number of thioether (sulfide) groups is 2. The van der Waals surface area contributed by atoms with E-state index in [0.717, 1.165) is 0 Å². The zero-order valence-electron chi connectivity index (χ0n) is 15.0. The van der Waals surface area contributed by atoms with Gasteiger partial charge in [-0.3, -0.25) is 4.79 Å². The van der Waals surface area contributed by atoms with Crippen molar-refractivity contribution in [3.05, 3.63) is 29.3 Å². The van der Waals surface area contributed by atoms with Gasteiger partial charge >= 0.3 is 0 Å². The van der Waals surface area contributed by atoms with Gasteiger partial charge in [0.15, 0.2) is 0 Å². The number of carbonyl (C=O) groups is 1. The van der Waals surface area contributed by atoms with E-state index >= 15 is 0 Å². The summed E-state index contributed by atoms with van der Waals surface area (Å²) in [6.07, 6.45) is 5.06. The van der Waals surface area contributed by atoms with Crippen molar-refractivity contribution in [1.29, 1.82) is 0 Å². The molecule has 1 aromatic carbocycles. The molecule has 0 spiro atoms. The molecule has 1 saturated carbocycles. The predicted molar refractivity (Wildman–Crippen MR) is 105 cm³/mol. The molecule has 2 rings (SSSR count). The van der Waals surface area contributed by atoms with Crippen molar-refractivity contribution < 1.29 is 9.53 Å². The molecule has 1 N–H and O–H groups in total. The van der Waals surface area contributed by atoms with Crippen molar-refractivity contribution in [2.75, 3.05) is 26.0 Å². The molecule has 3 nitrogen and oxygen atoms in total. The molecule has 2 atom stereocenters. The SMILES string of the molecule is COCCNC(=O)CS[C@@H]1CCCC[C@H]1Sc1ccc(C)c(C)c1. The predicted octanol–water partition coefficient (Wildman–Crippen LogP) is 4.20. The monoisotopic (exact) mass is 367 g/mol. The van der Waals surface area contributed by atoms with Gasteiger partial charge < -0.3 is 10.1 Å². The fourth-order valence-electron chi connectivity index (χ4n) is 2.88. The second-order valence-electron chi connectivity index (χ2n) is 6.38. The van der Waals surface area contributed by atoms with Crippen LogP contribution in [0, 0.1) is 13.8 Å². The third-order valence-electron chi connectivity index (χ3n) is 4.46. The highest BCUT2D eigenvalue weighted by Crippen LogP contribution is 2.39. The Hall–Kier alpha value is -0.650. The molecular formula is C19H29NO2S2. The maximum atomic E-state index is 11.9. The highest BCUT2D eigenvalue weighted by atomic mass is 32.2. The molecule has 24 heavy (non-hydrogen) atoms. The van der Waals surface area contributed by atoms with Crippen molar-refractivity contribution in [1.82, 2.24) is 5.32 Å². The lowest BCUT2D eigenvalue weighted by Crippen LogP contribution is -2.31. The fourth-order valence-corrected chi connectivity index (χ4v) is 5.74. The fraction of sp³-hybridized carbons (Fsp3) is 0.632. The first-order valence-electron chi connectivity index (χ1n) is 8.71. The van der Waals surface area contributed by atoms with Crippen LogP contribution in [0.5, 0.6) is 0 Å². The molecule has 0 unspecified atom stereocenters. The Bertz CT molecular complexity index is 536. The van der Waals surface area contributed by atoms with E-state index in [1.54, 1.807) is 7.11 Å². The zero-order chi connectivity index (χ0) is 17.4. The van der Waals surface area contributed by atoms with Crippen LogP contribution in [0.3, 0.4) is 0 Å². The summed E-state index contributed by atoms with van der Waals surface area (Å²) < 4.78 is 4.96. The van der Waals surface area contributed by atoms with E-state index in [1.165, 1.54) is 41.7 Å². The molecule has 1 aliphatic rings. The number of benzene rings is 1. The summed E-state index contributed by atoms with van der Waals surface area (Å²) in [5, 5.41) is 4.09. The lowest BCUT2D eigenvalue weighted by molar-refractivity contribution is -0.118. The molecule has 1 aromatic rings. The minimum absolute atomic E-state index is 0.123. The Morgan fingerprint density at radius 1 is 1.21 bits per heavy atom. The molecule has 0 bridgehead atoms. The van der Waals surface area contributed by atoms with Crippen LogP contribution in [0.25, 0.3) is 0 Å². The number of hydrogen-bond acceptors (Lipinski definition) is 4. The van der Waals surface area contributed by atoms with E-state index in [0.29, 0.717) is 29.4 Å². The number of nitrogens with one attached hydrogen (secondary N) is 1. The number of aryl methyl sites for hydroxylation is 2. The van der Waals surface area contributed by atoms with Crippen molar-refractivity contribution in [3.8, 4) is 0 Å². The zero-order valence-corrected chi connectivity index (χ0v) is 16.6.